The molecule has 1 heterocycles. The van der Waals surface area contributed by atoms with Crippen molar-refractivity contribution in [3.63, 3.8) is 0 Å². The summed E-state index contributed by atoms with van der Waals surface area (Å²) >= 11 is 0. The molecule has 0 aromatic rings. The van der Waals surface area contributed by atoms with E-state index in [1.54, 1.807) is 0 Å². The molecule has 112 valence electrons. The van der Waals surface area contributed by atoms with Gasteiger partial charge in [0.25, 0.3) is 0 Å². The summed E-state index contributed by atoms with van der Waals surface area (Å²) in [6.07, 6.45) is 3.55. The molecule has 0 spiro atoms. The number of nitrogens with one attached hydrogen (secondary N) is 2. The highest BCUT2D eigenvalue weighted by Crippen LogP contribution is 2.09. The van der Waals surface area contributed by atoms with Gasteiger partial charge in [-0.25, -0.2) is 0 Å². The predicted octanol–water partition coefficient (Wildman–Crippen LogP) is 1.61. The number of likely N-dealkylation sites (N-methyl/N-ethyl adjacent to an activating group) is 1. The molecular formula is C15H31N3O. The third-order valence-electron chi connectivity index (χ3n) is 3.97. The number of hydrogen-bond donors (Lipinski definition) is 2. The summed E-state index contributed by atoms with van der Waals surface area (Å²) in [7, 11) is 0. The van der Waals surface area contributed by atoms with E-state index >= 15 is 0 Å². The summed E-state index contributed by atoms with van der Waals surface area (Å²) in [6.45, 7) is 12.3. The maximum Gasteiger partial charge on any atom is 0.237 e. The summed E-state index contributed by atoms with van der Waals surface area (Å²) in [5, 5.41) is 6.55. The van der Waals surface area contributed by atoms with Crippen LogP contribution in [0.2, 0.25) is 0 Å². The zero-order chi connectivity index (χ0) is 14.3. The second-order valence-electron chi connectivity index (χ2n) is 6.03. The minimum absolute atomic E-state index is 0.0282. The highest BCUT2D eigenvalue weighted by molar-refractivity contribution is 5.81. The van der Waals surface area contributed by atoms with Gasteiger partial charge >= 0.3 is 0 Å². The lowest BCUT2D eigenvalue weighted by molar-refractivity contribution is -0.125. The van der Waals surface area contributed by atoms with E-state index in [0.29, 0.717) is 12.0 Å². The number of hydrogen-bond acceptors (Lipinski definition) is 3. The molecule has 0 aliphatic carbocycles. The molecule has 0 aromatic carbocycles. The number of carbonyl (C=O) groups is 1. The monoisotopic (exact) mass is 269 g/mol. The fourth-order valence-corrected chi connectivity index (χ4v) is 2.55. The molecule has 4 nitrogen and oxygen atoms in total. The molecule has 0 bridgehead atoms. The molecule has 1 rings (SSSR count). The summed E-state index contributed by atoms with van der Waals surface area (Å²) in [4.78, 5) is 14.4. The second kappa shape index (κ2) is 8.54. The average Bonchev–Trinajstić information content (AvgIpc) is 2.87. The lowest BCUT2D eigenvalue weighted by Crippen LogP contribution is -2.49. The fourth-order valence-electron chi connectivity index (χ4n) is 2.55. The summed E-state index contributed by atoms with van der Waals surface area (Å²) in [5.74, 6) is 0.807. The first-order chi connectivity index (χ1) is 9.04. The van der Waals surface area contributed by atoms with E-state index in [0.717, 1.165) is 32.6 Å². The molecule has 4 heteroatoms. The zero-order valence-electron chi connectivity index (χ0n) is 13.0. The smallest absolute Gasteiger partial charge is 0.237 e. The van der Waals surface area contributed by atoms with E-state index in [4.69, 9.17) is 0 Å². The van der Waals surface area contributed by atoms with Gasteiger partial charge in [0.05, 0.1) is 6.04 Å². The van der Waals surface area contributed by atoms with Gasteiger partial charge in [-0.15, -0.1) is 0 Å². The number of carbonyl (C=O) groups excluding carboxylic acids is 1. The summed E-state index contributed by atoms with van der Waals surface area (Å²) < 4.78 is 0. The summed E-state index contributed by atoms with van der Waals surface area (Å²) in [5.41, 5.74) is 0. The number of nitrogens with zero attached hydrogens (tertiary/aromatic N) is 1. The Morgan fingerprint density at radius 3 is 2.68 bits per heavy atom. The Labute approximate surface area is 118 Å². The van der Waals surface area contributed by atoms with Gasteiger partial charge in [-0.1, -0.05) is 20.8 Å². The van der Waals surface area contributed by atoms with Crippen molar-refractivity contribution >= 4 is 5.91 Å². The van der Waals surface area contributed by atoms with Gasteiger partial charge in [0.1, 0.15) is 0 Å². The van der Waals surface area contributed by atoms with Crippen LogP contribution in [0, 0.1) is 5.92 Å². The van der Waals surface area contributed by atoms with E-state index in [1.165, 1.54) is 12.8 Å². The van der Waals surface area contributed by atoms with Gasteiger partial charge in [0, 0.05) is 19.1 Å². The Bertz CT molecular complexity index is 262. The van der Waals surface area contributed by atoms with Crippen LogP contribution in [0.3, 0.4) is 0 Å². The molecule has 0 radical (unpaired) electrons. The van der Waals surface area contributed by atoms with E-state index in [-0.39, 0.29) is 11.9 Å². The van der Waals surface area contributed by atoms with Crippen LogP contribution in [0.25, 0.3) is 0 Å². The van der Waals surface area contributed by atoms with Crippen molar-refractivity contribution in [2.75, 3.05) is 26.2 Å². The van der Waals surface area contributed by atoms with Crippen LogP contribution in [-0.2, 0) is 4.79 Å². The van der Waals surface area contributed by atoms with Crippen LogP contribution < -0.4 is 10.6 Å². The zero-order valence-corrected chi connectivity index (χ0v) is 13.0. The van der Waals surface area contributed by atoms with Crippen LogP contribution in [-0.4, -0.2) is 49.1 Å². The Balaban J connectivity index is 2.34. The van der Waals surface area contributed by atoms with Crippen LogP contribution in [0.15, 0.2) is 0 Å². The molecule has 2 N–H and O–H groups in total. The minimum atomic E-state index is -0.0282. The van der Waals surface area contributed by atoms with Crippen molar-refractivity contribution in [3.05, 3.63) is 0 Å². The minimum Gasteiger partial charge on any atom is -0.355 e. The number of rotatable bonds is 8. The Kier molecular flexibility index (Phi) is 7.39. The molecule has 1 aliphatic rings. The van der Waals surface area contributed by atoms with E-state index in [2.05, 4.69) is 36.3 Å². The Hall–Kier alpha value is -0.610. The molecule has 2 unspecified atom stereocenters. The van der Waals surface area contributed by atoms with Crippen molar-refractivity contribution in [3.8, 4) is 0 Å². The topological polar surface area (TPSA) is 44.4 Å². The summed E-state index contributed by atoms with van der Waals surface area (Å²) in [6, 6.07) is 0.533. The molecule has 1 fully saturated rings. The van der Waals surface area contributed by atoms with Crippen LogP contribution in [0.1, 0.15) is 47.0 Å². The molecule has 19 heavy (non-hydrogen) atoms. The number of amides is 1. The lowest BCUT2D eigenvalue weighted by Gasteiger charge is -2.29. The Morgan fingerprint density at radius 2 is 2.16 bits per heavy atom. The van der Waals surface area contributed by atoms with E-state index < -0.39 is 0 Å². The Morgan fingerprint density at radius 1 is 1.42 bits per heavy atom. The first kappa shape index (κ1) is 16.4. The van der Waals surface area contributed by atoms with E-state index in [1.807, 2.05) is 6.92 Å². The molecule has 0 aromatic heterocycles. The van der Waals surface area contributed by atoms with Crippen LogP contribution in [0.4, 0.5) is 0 Å². The molecule has 1 saturated heterocycles. The fraction of sp³-hybridized carbons (Fsp3) is 0.933. The maximum atomic E-state index is 12.1. The standard InChI is InChI=1S/C15H31N3O/c1-5-18(11-14-7-6-9-16-14)13(4)15(19)17-10-8-12(2)3/h12-14,16H,5-11H2,1-4H3,(H,17,19). The third-order valence-corrected chi connectivity index (χ3v) is 3.97. The van der Waals surface area contributed by atoms with Crippen molar-refractivity contribution in [2.24, 2.45) is 5.92 Å². The molecular weight excluding hydrogens is 238 g/mol. The predicted molar refractivity (Wildman–Crippen MR) is 80.2 cm³/mol. The van der Waals surface area contributed by atoms with Crippen molar-refractivity contribution in [1.82, 2.24) is 15.5 Å². The molecule has 0 saturated carbocycles. The van der Waals surface area contributed by atoms with Gasteiger partial charge < -0.3 is 10.6 Å². The highest BCUT2D eigenvalue weighted by Gasteiger charge is 2.24. The first-order valence-electron chi connectivity index (χ1n) is 7.79. The highest BCUT2D eigenvalue weighted by atomic mass is 16.2. The van der Waals surface area contributed by atoms with Gasteiger partial charge in [-0.05, 0) is 45.2 Å². The third kappa shape index (κ3) is 5.91. The van der Waals surface area contributed by atoms with Crippen LogP contribution >= 0.6 is 0 Å². The van der Waals surface area contributed by atoms with Gasteiger partial charge in [0.15, 0.2) is 0 Å². The van der Waals surface area contributed by atoms with Gasteiger partial charge in [-0.2, -0.15) is 0 Å². The normalized spacial score (nSPS) is 21.1. The maximum absolute atomic E-state index is 12.1. The average molecular weight is 269 g/mol. The van der Waals surface area contributed by atoms with E-state index in [9.17, 15) is 4.79 Å². The van der Waals surface area contributed by atoms with Crippen molar-refractivity contribution < 1.29 is 4.79 Å². The van der Waals surface area contributed by atoms with Crippen molar-refractivity contribution in [2.45, 2.75) is 59.0 Å². The second-order valence-corrected chi connectivity index (χ2v) is 6.03. The molecule has 2 atom stereocenters. The molecule has 1 amide bonds. The lowest BCUT2D eigenvalue weighted by atomic mass is 10.1. The van der Waals surface area contributed by atoms with Gasteiger partial charge in [-0.3, -0.25) is 9.69 Å². The van der Waals surface area contributed by atoms with Gasteiger partial charge in [0.2, 0.25) is 5.91 Å². The van der Waals surface area contributed by atoms with Crippen molar-refractivity contribution in [1.29, 1.82) is 0 Å². The first-order valence-corrected chi connectivity index (χ1v) is 7.79. The van der Waals surface area contributed by atoms with Crippen LogP contribution in [0.5, 0.6) is 0 Å². The largest absolute Gasteiger partial charge is 0.355 e. The molecule has 1 aliphatic heterocycles. The SMILES string of the molecule is CCN(CC1CCCN1)C(C)C(=O)NCCC(C)C. The quantitative estimate of drug-likeness (QED) is 0.704.